The highest BCUT2D eigenvalue weighted by atomic mass is 16.3. The lowest BCUT2D eigenvalue weighted by Gasteiger charge is -2.44. The van der Waals surface area contributed by atoms with E-state index in [2.05, 4.69) is 44.4 Å². The summed E-state index contributed by atoms with van der Waals surface area (Å²) in [5.41, 5.74) is 3.52. The average Bonchev–Trinajstić information content (AvgIpc) is 2.99. The Balaban J connectivity index is 1.74. The van der Waals surface area contributed by atoms with Crippen molar-refractivity contribution in [2.45, 2.75) is 97.2 Å². The average molecular weight is 397 g/mol. The van der Waals surface area contributed by atoms with E-state index in [1.54, 1.807) is 19.4 Å². The fraction of sp³-hybridized carbons (Fsp3) is 0.704. The van der Waals surface area contributed by atoms with Crippen LogP contribution >= 0.6 is 0 Å². The van der Waals surface area contributed by atoms with E-state index in [0.29, 0.717) is 23.2 Å². The molecule has 0 bridgehead atoms. The standard InChI is InChI=1S/C27H40O2/c1-19-10-13-23(28)18-22(19)12-11-21-9-7-17-27(5)24(14-15-25(21)27)20(2)8-6-16-26(3,4)29/h11-12,20,23-25,28-29H,1,7-10,13-15,17-18H2,2-5H3/t20-,23-,24-,25+,27-/m1/s1. The van der Waals surface area contributed by atoms with Crippen LogP contribution in [0.3, 0.4) is 0 Å². The topological polar surface area (TPSA) is 40.5 Å². The molecule has 2 nitrogen and oxygen atoms in total. The first-order chi connectivity index (χ1) is 13.6. The molecule has 3 aliphatic carbocycles. The fourth-order valence-corrected chi connectivity index (χ4v) is 6.18. The van der Waals surface area contributed by atoms with E-state index in [-0.39, 0.29) is 6.10 Å². The molecule has 0 amide bonds. The van der Waals surface area contributed by atoms with Crippen molar-refractivity contribution >= 4 is 0 Å². The second-order valence-corrected chi connectivity index (χ2v) is 10.6. The van der Waals surface area contributed by atoms with Gasteiger partial charge in [-0.2, -0.15) is 0 Å². The first-order valence-corrected chi connectivity index (χ1v) is 11.6. The molecule has 0 aromatic carbocycles. The van der Waals surface area contributed by atoms with E-state index >= 15 is 0 Å². The molecule has 0 aromatic heterocycles. The monoisotopic (exact) mass is 396 g/mol. The van der Waals surface area contributed by atoms with Gasteiger partial charge in [0.05, 0.1) is 6.10 Å². The van der Waals surface area contributed by atoms with Crippen LogP contribution in [-0.4, -0.2) is 21.9 Å². The van der Waals surface area contributed by atoms with Gasteiger partial charge in [0.1, 0.15) is 5.60 Å². The molecule has 3 rings (SSSR count). The number of hydrogen-bond acceptors (Lipinski definition) is 2. The number of aliphatic hydroxyl groups excluding tert-OH is 1. The zero-order valence-electron chi connectivity index (χ0n) is 18.9. The lowest BCUT2D eigenvalue weighted by molar-refractivity contribution is 0.0990. The van der Waals surface area contributed by atoms with Crippen LogP contribution in [0.1, 0.15) is 85.5 Å². The molecule has 0 unspecified atom stereocenters. The van der Waals surface area contributed by atoms with Gasteiger partial charge in [0.2, 0.25) is 0 Å². The largest absolute Gasteiger partial charge is 0.393 e. The van der Waals surface area contributed by atoms with Gasteiger partial charge in [-0.15, -0.1) is 5.92 Å². The van der Waals surface area contributed by atoms with Crippen LogP contribution in [0.2, 0.25) is 0 Å². The highest BCUT2D eigenvalue weighted by molar-refractivity contribution is 5.36. The van der Waals surface area contributed by atoms with Crippen LogP contribution in [-0.2, 0) is 0 Å². The zero-order valence-corrected chi connectivity index (χ0v) is 18.9. The van der Waals surface area contributed by atoms with Crippen molar-refractivity contribution in [3.05, 3.63) is 35.5 Å². The van der Waals surface area contributed by atoms with E-state index in [1.807, 2.05) is 0 Å². The third-order valence-corrected chi connectivity index (χ3v) is 7.73. The van der Waals surface area contributed by atoms with Gasteiger partial charge in [-0.1, -0.05) is 49.6 Å². The van der Waals surface area contributed by atoms with Crippen molar-refractivity contribution in [3.63, 3.8) is 0 Å². The van der Waals surface area contributed by atoms with Crippen LogP contribution in [0.15, 0.2) is 35.5 Å². The fourth-order valence-electron chi connectivity index (χ4n) is 6.18. The molecule has 0 aromatic rings. The lowest BCUT2D eigenvalue weighted by Crippen LogP contribution is -2.35. The summed E-state index contributed by atoms with van der Waals surface area (Å²) in [7, 11) is 0. The minimum atomic E-state index is -0.896. The molecule has 5 atom stereocenters. The first kappa shape index (κ1) is 22.4. The molecule has 3 saturated carbocycles. The second-order valence-electron chi connectivity index (χ2n) is 10.6. The van der Waals surface area contributed by atoms with Gasteiger partial charge >= 0.3 is 0 Å². The maximum absolute atomic E-state index is 10.0. The van der Waals surface area contributed by atoms with Gasteiger partial charge in [0.15, 0.2) is 0 Å². The van der Waals surface area contributed by atoms with Gasteiger partial charge in [-0.05, 0) is 94.0 Å². The molecule has 0 saturated heterocycles. The summed E-state index contributed by atoms with van der Waals surface area (Å²) in [5.74, 6) is 8.17. The van der Waals surface area contributed by atoms with Gasteiger partial charge in [-0.25, -0.2) is 0 Å². The summed E-state index contributed by atoms with van der Waals surface area (Å²) in [5, 5.41) is 19.9. The Morgan fingerprint density at radius 2 is 2.00 bits per heavy atom. The summed E-state index contributed by atoms with van der Waals surface area (Å²) in [4.78, 5) is 0. The Labute approximate surface area is 178 Å². The van der Waals surface area contributed by atoms with E-state index in [4.69, 9.17) is 0 Å². The molecule has 0 radical (unpaired) electrons. The third kappa shape index (κ3) is 5.25. The van der Waals surface area contributed by atoms with Crippen molar-refractivity contribution in [1.29, 1.82) is 0 Å². The van der Waals surface area contributed by atoms with Gasteiger partial charge < -0.3 is 10.2 Å². The number of hydrogen-bond donors (Lipinski definition) is 2. The minimum absolute atomic E-state index is 0.205. The molecule has 29 heavy (non-hydrogen) atoms. The smallest absolute Gasteiger partial charge is 0.119 e. The van der Waals surface area contributed by atoms with Gasteiger partial charge in [-0.3, -0.25) is 0 Å². The van der Waals surface area contributed by atoms with Crippen LogP contribution in [0, 0.1) is 35.0 Å². The Hall–Kier alpha value is -1.30. The normalized spacial score (nSPS) is 36.6. The summed E-state index contributed by atoms with van der Waals surface area (Å²) < 4.78 is 0. The lowest BCUT2D eigenvalue weighted by atomic mass is 9.61. The van der Waals surface area contributed by atoms with Crippen molar-refractivity contribution in [2.24, 2.45) is 23.2 Å². The summed E-state index contributed by atoms with van der Waals surface area (Å²) in [6, 6.07) is 0. The Morgan fingerprint density at radius 1 is 1.24 bits per heavy atom. The number of aliphatic hydroxyl groups is 2. The highest BCUT2D eigenvalue weighted by Gasteiger charge is 2.50. The molecule has 2 heteroatoms. The molecule has 3 fully saturated rings. The quantitative estimate of drug-likeness (QED) is 0.578. The van der Waals surface area contributed by atoms with Crippen LogP contribution < -0.4 is 0 Å². The van der Waals surface area contributed by atoms with Crippen molar-refractivity contribution in [3.8, 4) is 11.8 Å². The molecule has 0 spiro atoms. The molecular weight excluding hydrogens is 356 g/mol. The van der Waals surface area contributed by atoms with Crippen molar-refractivity contribution < 1.29 is 10.2 Å². The maximum Gasteiger partial charge on any atom is 0.119 e. The Bertz CT molecular complexity index is 739. The first-order valence-electron chi connectivity index (χ1n) is 11.6. The van der Waals surface area contributed by atoms with Gasteiger partial charge in [0.25, 0.3) is 0 Å². The summed E-state index contributed by atoms with van der Waals surface area (Å²) >= 11 is 0. The van der Waals surface area contributed by atoms with E-state index in [1.165, 1.54) is 43.3 Å². The number of rotatable bonds is 3. The van der Waals surface area contributed by atoms with Crippen LogP contribution in [0.25, 0.3) is 0 Å². The number of allylic oxidation sites excluding steroid dienone is 4. The van der Waals surface area contributed by atoms with Crippen LogP contribution in [0.5, 0.6) is 0 Å². The minimum Gasteiger partial charge on any atom is -0.393 e. The Morgan fingerprint density at radius 3 is 2.72 bits per heavy atom. The summed E-state index contributed by atoms with van der Waals surface area (Å²) in [6.45, 7) is 12.6. The van der Waals surface area contributed by atoms with E-state index in [9.17, 15) is 10.2 Å². The molecular formula is C27H40O2. The van der Waals surface area contributed by atoms with Crippen molar-refractivity contribution in [1.82, 2.24) is 0 Å². The third-order valence-electron chi connectivity index (χ3n) is 7.73. The van der Waals surface area contributed by atoms with E-state index < -0.39 is 5.60 Å². The predicted octanol–water partition coefficient (Wildman–Crippen LogP) is 5.96. The molecule has 160 valence electrons. The molecule has 0 heterocycles. The molecule has 2 N–H and O–H groups in total. The predicted molar refractivity (Wildman–Crippen MR) is 121 cm³/mol. The highest BCUT2D eigenvalue weighted by Crippen LogP contribution is 2.59. The van der Waals surface area contributed by atoms with Crippen LogP contribution in [0.4, 0.5) is 0 Å². The Kier molecular flexibility index (Phi) is 6.81. The maximum atomic E-state index is 10.0. The SMILES string of the molecule is C=C1CC[C@@H](O)CC1=CC=C1CCC[C@]2(C)[C@@H]([C@H](C)CC#CC(C)(C)O)CC[C@@H]12. The number of fused-ring (bicyclic) bond motifs is 1. The molecule has 3 aliphatic rings. The molecule has 0 aliphatic heterocycles. The summed E-state index contributed by atoms with van der Waals surface area (Å²) in [6.07, 6.45) is 14.2. The second kappa shape index (κ2) is 8.83. The van der Waals surface area contributed by atoms with Gasteiger partial charge in [0, 0.05) is 6.42 Å². The van der Waals surface area contributed by atoms with Crippen molar-refractivity contribution in [2.75, 3.05) is 0 Å². The zero-order chi connectivity index (χ0) is 21.2. The van der Waals surface area contributed by atoms with E-state index in [0.717, 1.165) is 25.7 Å².